The van der Waals surface area contributed by atoms with Crippen molar-refractivity contribution in [1.82, 2.24) is 5.32 Å². The van der Waals surface area contributed by atoms with Gasteiger partial charge in [-0.25, -0.2) is 0 Å². The monoisotopic (exact) mass is 347 g/mol. The molecule has 134 valence electrons. The highest BCUT2D eigenvalue weighted by Gasteiger charge is 2.31. The molecule has 4 rings (SSSR count). The first-order chi connectivity index (χ1) is 12.7. The standard InChI is InChI=1S/C23H25NO2/c25-23(11-13-24-14-12-23)21-8-6-20-17-22(9-7-19(20)16-21)26-15-10-18-4-2-1-3-5-18/h1-9,16-17,24-25H,10-15H2. The fourth-order valence-electron chi connectivity index (χ4n) is 3.66. The quantitative estimate of drug-likeness (QED) is 0.732. The summed E-state index contributed by atoms with van der Waals surface area (Å²) in [7, 11) is 0. The zero-order valence-electron chi connectivity index (χ0n) is 14.9. The van der Waals surface area contributed by atoms with E-state index in [4.69, 9.17) is 4.74 Å². The van der Waals surface area contributed by atoms with Gasteiger partial charge in [0.05, 0.1) is 12.2 Å². The van der Waals surface area contributed by atoms with E-state index >= 15 is 0 Å². The molecule has 26 heavy (non-hydrogen) atoms. The van der Waals surface area contributed by atoms with E-state index in [1.807, 2.05) is 12.1 Å². The van der Waals surface area contributed by atoms with E-state index in [0.717, 1.165) is 54.4 Å². The maximum atomic E-state index is 10.9. The van der Waals surface area contributed by atoms with Crippen LogP contribution in [0.1, 0.15) is 24.0 Å². The molecule has 0 aromatic heterocycles. The van der Waals surface area contributed by atoms with Crippen LogP contribution in [0.5, 0.6) is 5.75 Å². The lowest BCUT2D eigenvalue weighted by atomic mass is 9.84. The van der Waals surface area contributed by atoms with Crippen molar-refractivity contribution >= 4 is 10.8 Å². The van der Waals surface area contributed by atoms with E-state index in [0.29, 0.717) is 6.61 Å². The van der Waals surface area contributed by atoms with Gasteiger partial charge in [0, 0.05) is 6.42 Å². The number of aliphatic hydroxyl groups is 1. The van der Waals surface area contributed by atoms with Crippen LogP contribution in [0, 0.1) is 0 Å². The normalized spacial score (nSPS) is 16.5. The number of nitrogens with one attached hydrogen (secondary N) is 1. The minimum absolute atomic E-state index is 0.667. The lowest BCUT2D eigenvalue weighted by Crippen LogP contribution is -2.39. The van der Waals surface area contributed by atoms with Crippen LogP contribution in [-0.2, 0) is 12.0 Å². The number of fused-ring (bicyclic) bond motifs is 1. The molecule has 0 atom stereocenters. The maximum absolute atomic E-state index is 10.9. The maximum Gasteiger partial charge on any atom is 0.119 e. The molecule has 2 N–H and O–H groups in total. The lowest BCUT2D eigenvalue weighted by Gasteiger charge is -2.33. The minimum atomic E-state index is -0.704. The second-order valence-corrected chi connectivity index (χ2v) is 7.09. The molecule has 0 saturated carbocycles. The van der Waals surface area contributed by atoms with Gasteiger partial charge in [0.2, 0.25) is 0 Å². The number of hydrogen-bond donors (Lipinski definition) is 2. The summed E-state index contributed by atoms with van der Waals surface area (Å²) >= 11 is 0. The highest BCUT2D eigenvalue weighted by molar-refractivity contribution is 5.84. The van der Waals surface area contributed by atoms with Gasteiger partial charge < -0.3 is 15.2 Å². The van der Waals surface area contributed by atoms with E-state index in [-0.39, 0.29) is 0 Å². The molecule has 1 aliphatic rings. The minimum Gasteiger partial charge on any atom is -0.493 e. The van der Waals surface area contributed by atoms with Gasteiger partial charge in [-0.05, 0) is 66.0 Å². The van der Waals surface area contributed by atoms with E-state index in [2.05, 4.69) is 59.9 Å². The van der Waals surface area contributed by atoms with E-state index in [1.54, 1.807) is 0 Å². The van der Waals surface area contributed by atoms with Crippen LogP contribution in [0.15, 0.2) is 66.7 Å². The number of ether oxygens (including phenoxy) is 1. The molecule has 0 bridgehead atoms. The fourth-order valence-corrected chi connectivity index (χ4v) is 3.66. The van der Waals surface area contributed by atoms with Crippen molar-refractivity contribution < 1.29 is 9.84 Å². The Morgan fingerprint density at radius 1 is 0.885 bits per heavy atom. The Morgan fingerprint density at radius 2 is 1.62 bits per heavy atom. The topological polar surface area (TPSA) is 41.5 Å². The summed E-state index contributed by atoms with van der Waals surface area (Å²) in [6.07, 6.45) is 2.43. The first kappa shape index (κ1) is 17.1. The van der Waals surface area contributed by atoms with Gasteiger partial charge in [0.1, 0.15) is 5.75 Å². The van der Waals surface area contributed by atoms with Gasteiger partial charge in [-0.3, -0.25) is 0 Å². The van der Waals surface area contributed by atoms with Crippen molar-refractivity contribution in [2.75, 3.05) is 19.7 Å². The third-order valence-electron chi connectivity index (χ3n) is 5.28. The summed E-state index contributed by atoms with van der Waals surface area (Å²) in [5.41, 5.74) is 1.60. The largest absolute Gasteiger partial charge is 0.493 e. The predicted molar refractivity (Wildman–Crippen MR) is 106 cm³/mol. The molecule has 3 heteroatoms. The van der Waals surface area contributed by atoms with Crippen LogP contribution in [0.2, 0.25) is 0 Å². The molecule has 3 nitrogen and oxygen atoms in total. The lowest BCUT2D eigenvalue weighted by molar-refractivity contribution is 0.00606. The summed E-state index contributed by atoms with van der Waals surface area (Å²) < 4.78 is 5.93. The van der Waals surface area contributed by atoms with Crippen molar-refractivity contribution in [3.8, 4) is 5.75 Å². The first-order valence-electron chi connectivity index (χ1n) is 9.37. The molecule has 0 radical (unpaired) electrons. The molecule has 3 aromatic rings. The van der Waals surface area contributed by atoms with Crippen molar-refractivity contribution in [1.29, 1.82) is 0 Å². The predicted octanol–water partition coefficient (Wildman–Crippen LogP) is 4.03. The first-order valence-corrected chi connectivity index (χ1v) is 9.37. The van der Waals surface area contributed by atoms with E-state index < -0.39 is 5.60 Å². The van der Waals surface area contributed by atoms with Crippen molar-refractivity contribution in [3.63, 3.8) is 0 Å². The summed E-state index contributed by atoms with van der Waals surface area (Å²) in [6.45, 7) is 2.39. The zero-order valence-corrected chi connectivity index (χ0v) is 14.9. The molecule has 0 spiro atoms. The Labute approximate surface area is 154 Å². The molecular weight excluding hydrogens is 322 g/mol. The molecule has 1 aliphatic heterocycles. The smallest absolute Gasteiger partial charge is 0.119 e. The van der Waals surface area contributed by atoms with Crippen LogP contribution in [0.25, 0.3) is 10.8 Å². The number of rotatable bonds is 5. The summed E-state index contributed by atoms with van der Waals surface area (Å²) in [6, 6.07) is 22.8. The van der Waals surface area contributed by atoms with Gasteiger partial charge in [-0.1, -0.05) is 48.5 Å². The van der Waals surface area contributed by atoms with Crippen LogP contribution < -0.4 is 10.1 Å². The van der Waals surface area contributed by atoms with Crippen LogP contribution in [-0.4, -0.2) is 24.8 Å². The van der Waals surface area contributed by atoms with Crippen LogP contribution in [0.4, 0.5) is 0 Å². The van der Waals surface area contributed by atoms with Gasteiger partial charge >= 0.3 is 0 Å². The Morgan fingerprint density at radius 3 is 2.42 bits per heavy atom. The third-order valence-corrected chi connectivity index (χ3v) is 5.28. The van der Waals surface area contributed by atoms with E-state index in [1.165, 1.54) is 5.56 Å². The Hall–Kier alpha value is -2.36. The molecule has 3 aromatic carbocycles. The average molecular weight is 347 g/mol. The molecule has 0 aliphatic carbocycles. The molecule has 0 amide bonds. The molecule has 0 unspecified atom stereocenters. The second-order valence-electron chi connectivity index (χ2n) is 7.09. The molecule has 1 heterocycles. The molecule has 1 fully saturated rings. The third kappa shape index (κ3) is 3.74. The van der Waals surface area contributed by atoms with Crippen LogP contribution in [0.3, 0.4) is 0 Å². The number of benzene rings is 3. The Kier molecular flexibility index (Phi) is 4.91. The van der Waals surface area contributed by atoms with E-state index in [9.17, 15) is 5.11 Å². The summed E-state index contributed by atoms with van der Waals surface area (Å²) in [5.74, 6) is 0.891. The average Bonchev–Trinajstić information content (AvgIpc) is 2.69. The zero-order chi connectivity index (χ0) is 17.8. The Bertz CT molecular complexity index is 870. The van der Waals surface area contributed by atoms with Crippen molar-refractivity contribution in [3.05, 3.63) is 77.9 Å². The second kappa shape index (κ2) is 7.48. The molecule has 1 saturated heterocycles. The van der Waals surface area contributed by atoms with Crippen molar-refractivity contribution in [2.24, 2.45) is 0 Å². The summed E-state index contributed by atoms with van der Waals surface area (Å²) in [5, 5.41) is 16.5. The highest BCUT2D eigenvalue weighted by atomic mass is 16.5. The SMILES string of the molecule is OC1(c2ccc3cc(OCCc4ccccc4)ccc3c2)CCNCC1. The van der Waals surface area contributed by atoms with Gasteiger partial charge in [0.25, 0.3) is 0 Å². The van der Waals surface area contributed by atoms with Gasteiger partial charge in [-0.15, -0.1) is 0 Å². The van der Waals surface area contributed by atoms with Crippen molar-refractivity contribution in [2.45, 2.75) is 24.9 Å². The van der Waals surface area contributed by atoms with Crippen LogP contribution >= 0.6 is 0 Å². The number of piperidine rings is 1. The van der Waals surface area contributed by atoms with Gasteiger partial charge in [0.15, 0.2) is 0 Å². The molecular formula is C23H25NO2. The Balaban J connectivity index is 1.46. The van der Waals surface area contributed by atoms with Gasteiger partial charge in [-0.2, -0.15) is 0 Å². The summed E-state index contributed by atoms with van der Waals surface area (Å²) in [4.78, 5) is 0. The number of hydrogen-bond acceptors (Lipinski definition) is 3. The highest BCUT2D eigenvalue weighted by Crippen LogP contribution is 2.33. The fraction of sp³-hybridized carbons (Fsp3) is 0.304.